The molecule has 0 fully saturated rings. The molecule has 0 aliphatic rings. The van der Waals surface area contributed by atoms with Gasteiger partial charge in [-0.05, 0) is 40.0 Å². The summed E-state index contributed by atoms with van der Waals surface area (Å²) in [6.07, 6.45) is 0. The third-order valence-electron chi connectivity index (χ3n) is 2.83. The van der Waals surface area contributed by atoms with Crippen molar-refractivity contribution in [2.75, 3.05) is 0 Å². The van der Waals surface area contributed by atoms with Crippen LogP contribution in [0.2, 0.25) is 0 Å². The SMILES string of the molecule is Cc1cc(CN)cc(S(=O)(=O)NCc2csc(=O)[nH]2)c1Br. The van der Waals surface area contributed by atoms with Crippen molar-refractivity contribution in [2.24, 2.45) is 5.73 Å². The number of rotatable bonds is 5. The van der Waals surface area contributed by atoms with Crippen LogP contribution in [0, 0.1) is 6.92 Å². The second-order valence-corrected chi connectivity index (χ2v) is 7.80. The van der Waals surface area contributed by atoms with E-state index in [1.165, 1.54) is 6.07 Å². The Kier molecular flexibility index (Phi) is 4.99. The van der Waals surface area contributed by atoms with Crippen molar-refractivity contribution in [3.05, 3.63) is 48.5 Å². The molecule has 0 atom stereocenters. The highest BCUT2D eigenvalue weighted by atomic mass is 79.9. The first-order valence-corrected chi connectivity index (χ1v) is 9.14. The molecule has 0 unspecified atom stereocenters. The van der Waals surface area contributed by atoms with Gasteiger partial charge < -0.3 is 10.7 Å². The molecule has 2 rings (SSSR count). The maximum Gasteiger partial charge on any atom is 0.304 e. The maximum absolute atomic E-state index is 12.4. The molecule has 0 spiro atoms. The van der Waals surface area contributed by atoms with Crippen molar-refractivity contribution in [3.8, 4) is 0 Å². The van der Waals surface area contributed by atoms with E-state index in [1.54, 1.807) is 12.3 Å². The Balaban J connectivity index is 2.31. The number of sulfonamides is 1. The first-order valence-electron chi connectivity index (χ1n) is 5.99. The Morgan fingerprint density at radius 3 is 2.71 bits per heavy atom. The summed E-state index contributed by atoms with van der Waals surface area (Å²) >= 11 is 4.28. The zero-order chi connectivity index (χ0) is 15.6. The van der Waals surface area contributed by atoms with Crippen molar-refractivity contribution in [3.63, 3.8) is 0 Å². The fourth-order valence-electron chi connectivity index (χ4n) is 1.77. The summed E-state index contributed by atoms with van der Waals surface area (Å²) in [5.41, 5.74) is 7.63. The predicted octanol–water partition coefficient (Wildman–Crippen LogP) is 1.44. The summed E-state index contributed by atoms with van der Waals surface area (Å²) in [7, 11) is -3.70. The van der Waals surface area contributed by atoms with Gasteiger partial charge in [-0.15, -0.1) is 0 Å². The topological polar surface area (TPSA) is 105 Å². The van der Waals surface area contributed by atoms with Gasteiger partial charge in [0.25, 0.3) is 0 Å². The normalized spacial score (nSPS) is 11.8. The molecule has 0 saturated heterocycles. The number of thiazole rings is 1. The largest absolute Gasteiger partial charge is 0.326 e. The number of nitrogens with one attached hydrogen (secondary N) is 2. The summed E-state index contributed by atoms with van der Waals surface area (Å²) in [6, 6.07) is 3.37. The van der Waals surface area contributed by atoms with E-state index in [1.807, 2.05) is 6.07 Å². The molecule has 21 heavy (non-hydrogen) atoms. The average Bonchev–Trinajstić information content (AvgIpc) is 2.85. The Hall–Kier alpha value is -1.00. The minimum atomic E-state index is -3.70. The Morgan fingerprint density at radius 2 is 2.14 bits per heavy atom. The molecule has 0 aliphatic heterocycles. The Bertz CT molecular complexity index is 811. The predicted molar refractivity (Wildman–Crippen MR) is 85.7 cm³/mol. The van der Waals surface area contributed by atoms with E-state index in [0.717, 1.165) is 22.5 Å². The second kappa shape index (κ2) is 6.41. The van der Waals surface area contributed by atoms with Gasteiger partial charge in [-0.3, -0.25) is 4.79 Å². The minimum Gasteiger partial charge on any atom is -0.326 e. The van der Waals surface area contributed by atoms with Crippen LogP contribution in [-0.2, 0) is 23.1 Å². The summed E-state index contributed by atoms with van der Waals surface area (Å²) in [4.78, 5) is 13.5. The molecular formula is C12H14BrN3O3S2. The number of halogens is 1. The first kappa shape index (κ1) is 16.4. The molecule has 0 radical (unpaired) electrons. The van der Waals surface area contributed by atoms with Gasteiger partial charge in [-0.2, -0.15) is 0 Å². The van der Waals surface area contributed by atoms with Gasteiger partial charge in [-0.25, -0.2) is 13.1 Å². The van der Waals surface area contributed by atoms with Gasteiger partial charge in [-0.1, -0.05) is 17.4 Å². The maximum atomic E-state index is 12.4. The van der Waals surface area contributed by atoms with Crippen LogP contribution in [0.15, 0.2) is 31.7 Å². The summed E-state index contributed by atoms with van der Waals surface area (Å²) in [5, 5.41) is 1.58. The molecule has 6 nitrogen and oxygen atoms in total. The third-order valence-corrected chi connectivity index (χ3v) is 6.29. The van der Waals surface area contributed by atoms with Crippen LogP contribution in [-0.4, -0.2) is 13.4 Å². The van der Waals surface area contributed by atoms with E-state index in [4.69, 9.17) is 5.73 Å². The number of benzene rings is 1. The lowest BCUT2D eigenvalue weighted by Gasteiger charge is -2.11. The highest BCUT2D eigenvalue weighted by molar-refractivity contribution is 9.10. The van der Waals surface area contributed by atoms with Gasteiger partial charge >= 0.3 is 4.87 Å². The number of nitrogens with two attached hydrogens (primary N) is 1. The molecule has 2 aromatic rings. The van der Waals surface area contributed by atoms with Gasteiger partial charge in [0.15, 0.2) is 0 Å². The van der Waals surface area contributed by atoms with E-state index in [9.17, 15) is 13.2 Å². The Morgan fingerprint density at radius 1 is 1.43 bits per heavy atom. The molecule has 0 aliphatic carbocycles. The molecule has 9 heteroatoms. The zero-order valence-corrected chi connectivity index (χ0v) is 14.4. The Labute approximate surface area is 134 Å². The molecule has 1 aromatic carbocycles. The van der Waals surface area contributed by atoms with Gasteiger partial charge in [0.05, 0.1) is 11.4 Å². The van der Waals surface area contributed by atoms with Gasteiger partial charge in [0.2, 0.25) is 10.0 Å². The molecule has 114 valence electrons. The number of aromatic amines is 1. The van der Waals surface area contributed by atoms with Crippen LogP contribution in [0.5, 0.6) is 0 Å². The number of aryl methyl sites for hydroxylation is 1. The van der Waals surface area contributed by atoms with Crippen molar-refractivity contribution in [2.45, 2.75) is 24.9 Å². The van der Waals surface area contributed by atoms with E-state index < -0.39 is 10.0 Å². The molecule has 0 amide bonds. The van der Waals surface area contributed by atoms with Crippen molar-refractivity contribution < 1.29 is 8.42 Å². The second-order valence-electron chi connectivity index (χ2n) is 4.43. The lowest BCUT2D eigenvalue weighted by molar-refractivity contribution is 0.579. The standard InChI is InChI=1S/C12H14BrN3O3S2/c1-7-2-8(4-14)3-10(11(7)13)21(18,19)15-5-9-6-20-12(17)16-9/h2-3,6,15H,4-5,14H2,1H3,(H,16,17). The van der Waals surface area contributed by atoms with E-state index in [-0.39, 0.29) is 22.9 Å². The number of hydrogen-bond acceptors (Lipinski definition) is 5. The average molecular weight is 392 g/mol. The zero-order valence-electron chi connectivity index (χ0n) is 11.1. The molecule has 1 heterocycles. The summed E-state index contributed by atoms with van der Waals surface area (Å²) < 4.78 is 27.7. The van der Waals surface area contributed by atoms with E-state index >= 15 is 0 Å². The van der Waals surface area contributed by atoms with Crippen LogP contribution in [0.25, 0.3) is 0 Å². The number of aromatic nitrogens is 1. The smallest absolute Gasteiger partial charge is 0.304 e. The number of hydrogen-bond donors (Lipinski definition) is 3. The van der Waals surface area contributed by atoms with Crippen LogP contribution < -0.4 is 15.3 Å². The third kappa shape index (κ3) is 3.80. The minimum absolute atomic E-state index is 0.0272. The van der Waals surface area contributed by atoms with Crippen LogP contribution in [0.3, 0.4) is 0 Å². The van der Waals surface area contributed by atoms with Crippen LogP contribution >= 0.6 is 27.3 Å². The molecule has 1 aromatic heterocycles. The van der Waals surface area contributed by atoms with Gasteiger partial charge in [0, 0.05) is 22.1 Å². The van der Waals surface area contributed by atoms with Crippen LogP contribution in [0.4, 0.5) is 0 Å². The highest BCUT2D eigenvalue weighted by Crippen LogP contribution is 2.27. The number of H-pyrrole nitrogens is 1. The molecule has 4 N–H and O–H groups in total. The van der Waals surface area contributed by atoms with Gasteiger partial charge in [0.1, 0.15) is 0 Å². The lowest BCUT2D eigenvalue weighted by Crippen LogP contribution is -2.24. The van der Waals surface area contributed by atoms with Crippen molar-refractivity contribution in [1.29, 1.82) is 0 Å². The molecule has 0 bridgehead atoms. The van der Waals surface area contributed by atoms with E-state index in [2.05, 4.69) is 25.6 Å². The highest BCUT2D eigenvalue weighted by Gasteiger charge is 2.19. The van der Waals surface area contributed by atoms with Crippen molar-refractivity contribution in [1.82, 2.24) is 9.71 Å². The van der Waals surface area contributed by atoms with Crippen molar-refractivity contribution >= 4 is 37.3 Å². The monoisotopic (exact) mass is 391 g/mol. The fourth-order valence-corrected chi connectivity index (χ4v) is 4.43. The molecular weight excluding hydrogens is 378 g/mol. The lowest BCUT2D eigenvalue weighted by atomic mass is 10.1. The summed E-state index contributed by atoms with van der Waals surface area (Å²) in [5.74, 6) is 0. The van der Waals surface area contributed by atoms with Crippen LogP contribution in [0.1, 0.15) is 16.8 Å². The van der Waals surface area contributed by atoms with E-state index in [0.29, 0.717) is 10.2 Å². The quantitative estimate of drug-likeness (QED) is 0.716. The fraction of sp³-hybridized carbons (Fsp3) is 0.250. The molecule has 0 saturated carbocycles. The first-order chi connectivity index (χ1) is 9.83. The summed E-state index contributed by atoms with van der Waals surface area (Å²) in [6.45, 7) is 2.09.